The second-order valence-electron chi connectivity index (χ2n) is 5.50. The highest BCUT2D eigenvalue weighted by Gasteiger charge is 2.27. The fourth-order valence-corrected chi connectivity index (χ4v) is 3.35. The van der Waals surface area contributed by atoms with Crippen molar-refractivity contribution in [1.82, 2.24) is 4.90 Å². The first-order valence-corrected chi connectivity index (χ1v) is 7.91. The van der Waals surface area contributed by atoms with E-state index in [-0.39, 0.29) is 0 Å². The van der Waals surface area contributed by atoms with Crippen molar-refractivity contribution >= 4 is 17.3 Å². The number of aliphatic hydroxyl groups is 1. The first-order chi connectivity index (χ1) is 9.56. The second-order valence-corrected chi connectivity index (χ2v) is 5.90. The fourth-order valence-electron chi connectivity index (χ4n) is 3.04. The summed E-state index contributed by atoms with van der Waals surface area (Å²) in [6.45, 7) is 10.5. The summed E-state index contributed by atoms with van der Waals surface area (Å²) in [6.07, 6.45) is 0.722. The molecule has 0 bridgehead atoms. The first-order valence-electron chi connectivity index (χ1n) is 7.53. The third-order valence-electron chi connectivity index (χ3n) is 4.29. The number of likely N-dealkylation sites (N-methyl/N-ethyl adjacent to an activating group) is 1. The molecule has 1 N–H and O–H groups in total. The third kappa shape index (κ3) is 3.27. The minimum atomic E-state index is -0.469. The Morgan fingerprint density at radius 3 is 2.65 bits per heavy atom. The summed E-state index contributed by atoms with van der Waals surface area (Å²) in [4.78, 5) is 4.87. The molecule has 3 nitrogen and oxygen atoms in total. The molecule has 0 spiro atoms. The van der Waals surface area contributed by atoms with Gasteiger partial charge in [-0.25, -0.2) is 0 Å². The summed E-state index contributed by atoms with van der Waals surface area (Å²) in [5.74, 6) is 0. The average Bonchev–Trinajstić information content (AvgIpc) is 2.89. The van der Waals surface area contributed by atoms with Gasteiger partial charge in [0.05, 0.1) is 16.8 Å². The van der Waals surface area contributed by atoms with Crippen molar-refractivity contribution in [2.24, 2.45) is 0 Å². The van der Waals surface area contributed by atoms with Gasteiger partial charge in [0, 0.05) is 19.1 Å². The number of rotatable bonds is 5. The molecule has 0 aliphatic carbocycles. The lowest BCUT2D eigenvalue weighted by Crippen LogP contribution is -2.37. The summed E-state index contributed by atoms with van der Waals surface area (Å²) in [6, 6.07) is 6.51. The monoisotopic (exact) mass is 296 g/mol. The van der Waals surface area contributed by atoms with Crippen molar-refractivity contribution in [3.8, 4) is 0 Å². The zero-order chi connectivity index (χ0) is 14.7. The highest BCUT2D eigenvalue weighted by molar-refractivity contribution is 6.33. The average molecular weight is 297 g/mol. The van der Waals surface area contributed by atoms with Crippen LogP contribution in [0.3, 0.4) is 0 Å². The minimum Gasteiger partial charge on any atom is -0.389 e. The summed E-state index contributed by atoms with van der Waals surface area (Å²) >= 11 is 6.38. The van der Waals surface area contributed by atoms with Crippen LogP contribution >= 0.6 is 11.6 Å². The van der Waals surface area contributed by atoms with Crippen LogP contribution in [0.5, 0.6) is 0 Å². The van der Waals surface area contributed by atoms with E-state index in [1.54, 1.807) is 6.92 Å². The maximum atomic E-state index is 9.60. The number of hydrogen-bond acceptors (Lipinski definition) is 3. The predicted molar refractivity (Wildman–Crippen MR) is 85.6 cm³/mol. The summed E-state index contributed by atoms with van der Waals surface area (Å²) in [5.41, 5.74) is 1.96. The molecule has 2 rings (SSSR count). The third-order valence-corrected chi connectivity index (χ3v) is 4.59. The Bertz CT molecular complexity index is 446. The van der Waals surface area contributed by atoms with Gasteiger partial charge in [0.25, 0.3) is 0 Å². The van der Waals surface area contributed by atoms with E-state index in [2.05, 4.69) is 23.6 Å². The quantitative estimate of drug-likeness (QED) is 0.903. The van der Waals surface area contributed by atoms with Crippen molar-refractivity contribution < 1.29 is 5.11 Å². The van der Waals surface area contributed by atoms with Crippen LogP contribution in [0.1, 0.15) is 38.9 Å². The molecule has 1 aromatic carbocycles. The van der Waals surface area contributed by atoms with Gasteiger partial charge in [0.1, 0.15) is 0 Å². The summed E-state index contributed by atoms with van der Waals surface area (Å²) in [7, 11) is 0. The Labute approximate surface area is 127 Å². The molecule has 1 saturated heterocycles. The molecular weight excluding hydrogens is 272 g/mol. The SMILES string of the molecule is CCN(CC)C1CCN(c2ccc(C(C)O)cc2Cl)C1. The predicted octanol–water partition coefficient (Wildman–Crippen LogP) is 3.31. The molecule has 1 aliphatic heterocycles. The Morgan fingerprint density at radius 1 is 1.40 bits per heavy atom. The smallest absolute Gasteiger partial charge is 0.0762 e. The van der Waals surface area contributed by atoms with E-state index in [0.29, 0.717) is 6.04 Å². The van der Waals surface area contributed by atoms with Crippen LogP contribution in [0.4, 0.5) is 5.69 Å². The number of aliphatic hydroxyl groups excluding tert-OH is 1. The van der Waals surface area contributed by atoms with Crippen molar-refractivity contribution in [3.63, 3.8) is 0 Å². The van der Waals surface area contributed by atoms with Crippen LogP contribution < -0.4 is 4.90 Å². The zero-order valence-electron chi connectivity index (χ0n) is 12.6. The Morgan fingerprint density at radius 2 is 2.10 bits per heavy atom. The van der Waals surface area contributed by atoms with Crippen molar-refractivity contribution in [3.05, 3.63) is 28.8 Å². The largest absolute Gasteiger partial charge is 0.389 e. The van der Waals surface area contributed by atoms with Crippen LogP contribution in [-0.2, 0) is 0 Å². The van der Waals surface area contributed by atoms with E-state index < -0.39 is 6.10 Å². The van der Waals surface area contributed by atoms with Crippen LogP contribution in [0.25, 0.3) is 0 Å². The Balaban J connectivity index is 2.10. The van der Waals surface area contributed by atoms with E-state index in [0.717, 1.165) is 42.5 Å². The second kappa shape index (κ2) is 6.79. The molecular formula is C16H25ClN2O. The lowest BCUT2D eigenvalue weighted by molar-refractivity contribution is 0.199. The molecule has 2 unspecified atom stereocenters. The molecule has 1 heterocycles. The molecule has 1 aliphatic rings. The van der Waals surface area contributed by atoms with Crippen LogP contribution in [0.2, 0.25) is 5.02 Å². The lowest BCUT2D eigenvalue weighted by Gasteiger charge is -2.27. The molecule has 1 fully saturated rings. The Hall–Kier alpha value is -0.770. The molecule has 112 valence electrons. The van der Waals surface area contributed by atoms with Gasteiger partial charge in [0.2, 0.25) is 0 Å². The summed E-state index contributed by atoms with van der Waals surface area (Å²) < 4.78 is 0. The molecule has 1 aromatic rings. The van der Waals surface area contributed by atoms with E-state index in [1.807, 2.05) is 18.2 Å². The van der Waals surface area contributed by atoms with Crippen LogP contribution in [-0.4, -0.2) is 42.2 Å². The van der Waals surface area contributed by atoms with Crippen molar-refractivity contribution in [2.45, 2.75) is 39.3 Å². The number of halogens is 1. The number of anilines is 1. The number of nitrogens with zero attached hydrogens (tertiary/aromatic N) is 2. The summed E-state index contributed by atoms with van der Waals surface area (Å²) in [5, 5.41) is 10.3. The highest BCUT2D eigenvalue weighted by Crippen LogP contribution is 2.32. The van der Waals surface area contributed by atoms with Crippen molar-refractivity contribution in [2.75, 3.05) is 31.1 Å². The minimum absolute atomic E-state index is 0.469. The molecule has 0 amide bonds. The highest BCUT2D eigenvalue weighted by atomic mass is 35.5. The van der Waals surface area contributed by atoms with Gasteiger partial charge in [-0.15, -0.1) is 0 Å². The normalized spacial score (nSPS) is 20.7. The number of benzene rings is 1. The molecule has 2 atom stereocenters. The topological polar surface area (TPSA) is 26.7 Å². The first kappa shape index (κ1) is 15.6. The van der Waals surface area contributed by atoms with Crippen LogP contribution in [0, 0.1) is 0 Å². The van der Waals surface area contributed by atoms with E-state index in [1.165, 1.54) is 6.42 Å². The standard InChI is InChI=1S/C16H25ClN2O/c1-4-18(5-2)14-8-9-19(11-14)16-7-6-13(12(3)20)10-15(16)17/h6-7,10,12,14,20H,4-5,8-9,11H2,1-3H3. The van der Waals surface area contributed by atoms with Gasteiger partial charge in [-0.1, -0.05) is 31.5 Å². The molecule has 4 heteroatoms. The molecule has 20 heavy (non-hydrogen) atoms. The molecule has 0 aromatic heterocycles. The zero-order valence-corrected chi connectivity index (χ0v) is 13.4. The van der Waals surface area contributed by atoms with E-state index >= 15 is 0 Å². The van der Waals surface area contributed by atoms with Gasteiger partial charge >= 0.3 is 0 Å². The fraction of sp³-hybridized carbons (Fsp3) is 0.625. The lowest BCUT2D eigenvalue weighted by atomic mass is 10.1. The van der Waals surface area contributed by atoms with Gasteiger partial charge in [0.15, 0.2) is 0 Å². The maximum absolute atomic E-state index is 9.60. The van der Waals surface area contributed by atoms with Crippen molar-refractivity contribution in [1.29, 1.82) is 0 Å². The van der Waals surface area contributed by atoms with Gasteiger partial charge in [-0.05, 0) is 44.1 Å². The van der Waals surface area contributed by atoms with E-state index in [9.17, 15) is 5.11 Å². The molecule has 0 radical (unpaired) electrons. The number of hydrogen-bond donors (Lipinski definition) is 1. The van der Waals surface area contributed by atoms with Gasteiger partial charge in [-0.3, -0.25) is 4.90 Å². The maximum Gasteiger partial charge on any atom is 0.0762 e. The van der Waals surface area contributed by atoms with Gasteiger partial charge < -0.3 is 10.0 Å². The molecule has 0 saturated carbocycles. The van der Waals surface area contributed by atoms with Crippen LogP contribution in [0.15, 0.2) is 18.2 Å². The Kier molecular flexibility index (Phi) is 5.30. The van der Waals surface area contributed by atoms with Gasteiger partial charge in [-0.2, -0.15) is 0 Å². The van der Waals surface area contributed by atoms with E-state index in [4.69, 9.17) is 11.6 Å².